The van der Waals surface area contributed by atoms with Crippen molar-refractivity contribution in [2.24, 2.45) is 5.73 Å². The van der Waals surface area contributed by atoms with Gasteiger partial charge >= 0.3 is 5.97 Å². The highest BCUT2D eigenvalue weighted by molar-refractivity contribution is 5.82. The van der Waals surface area contributed by atoms with Gasteiger partial charge in [-0.1, -0.05) is 0 Å². The summed E-state index contributed by atoms with van der Waals surface area (Å²) in [5, 5.41) is 3.03. The van der Waals surface area contributed by atoms with Crippen molar-refractivity contribution in [3.63, 3.8) is 0 Å². The van der Waals surface area contributed by atoms with Gasteiger partial charge in [-0.3, -0.25) is 9.88 Å². The minimum absolute atomic E-state index is 0.127. The summed E-state index contributed by atoms with van der Waals surface area (Å²) in [6, 6.07) is 7.43. The number of halogens is 1. The topological polar surface area (TPSA) is 125 Å². The molecule has 7 rings (SSSR count). The molecule has 40 heavy (non-hydrogen) atoms. The summed E-state index contributed by atoms with van der Waals surface area (Å²) in [4.78, 5) is 27.7. The molecule has 2 saturated heterocycles. The number of hydrogen-bond donors (Lipinski definition) is 2. The molecule has 4 aliphatic rings. The largest absolute Gasteiger partial charge is 0.478 e. The number of nitrogens with two attached hydrogens (primary N) is 1. The Kier molecular flexibility index (Phi) is 7.77. The number of aromatic nitrogens is 3. The van der Waals surface area contributed by atoms with Crippen LogP contribution < -0.4 is 20.5 Å². The molecule has 212 valence electrons. The highest BCUT2D eigenvalue weighted by Gasteiger charge is 2.45. The van der Waals surface area contributed by atoms with Crippen LogP contribution in [0.4, 0.5) is 10.1 Å². The third-order valence-electron chi connectivity index (χ3n) is 8.25. The lowest BCUT2D eigenvalue weighted by molar-refractivity contribution is -0.138. The van der Waals surface area contributed by atoms with Crippen molar-refractivity contribution in [2.45, 2.75) is 63.1 Å². The van der Waals surface area contributed by atoms with E-state index in [0.29, 0.717) is 79.4 Å². The molecule has 0 aromatic carbocycles. The fourth-order valence-corrected chi connectivity index (χ4v) is 5.96. The van der Waals surface area contributed by atoms with Crippen LogP contribution in [0.25, 0.3) is 11.0 Å². The minimum atomic E-state index is -0.383. The van der Waals surface area contributed by atoms with Gasteiger partial charge in [0.05, 0.1) is 47.9 Å². The van der Waals surface area contributed by atoms with Gasteiger partial charge in [-0.15, -0.1) is 0 Å². The molecular formula is C29H35FN6O4. The maximum atomic E-state index is 15.3. The molecule has 1 aliphatic carbocycles. The summed E-state index contributed by atoms with van der Waals surface area (Å²) in [6.45, 7) is 2.97. The molecule has 3 N–H and O–H groups in total. The second kappa shape index (κ2) is 11.6. The number of anilines is 1. The van der Waals surface area contributed by atoms with E-state index in [-0.39, 0.29) is 23.9 Å². The average molecular weight is 551 g/mol. The smallest absolute Gasteiger partial charge is 0.332 e. The first kappa shape index (κ1) is 26.8. The first-order valence-corrected chi connectivity index (χ1v) is 14.1. The molecule has 6 heterocycles. The van der Waals surface area contributed by atoms with Crippen molar-refractivity contribution in [1.29, 1.82) is 0 Å². The van der Waals surface area contributed by atoms with E-state index in [1.807, 2.05) is 18.2 Å². The zero-order chi connectivity index (χ0) is 27.5. The fraction of sp³-hybridized carbons (Fsp3) is 0.517. The fourth-order valence-electron chi connectivity index (χ4n) is 5.96. The van der Waals surface area contributed by atoms with Crippen LogP contribution in [0.5, 0.6) is 11.8 Å². The van der Waals surface area contributed by atoms with Gasteiger partial charge in [-0.2, -0.15) is 0 Å². The van der Waals surface area contributed by atoms with Crippen LogP contribution in [0, 0.1) is 5.82 Å². The van der Waals surface area contributed by atoms with E-state index >= 15 is 4.39 Å². The molecule has 10 nitrogen and oxygen atoms in total. The van der Waals surface area contributed by atoms with Gasteiger partial charge in [0, 0.05) is 30.3 Å². The quantitative estimate of drug-likeness (QED) is 0.271. The van der Waals surface area contributed by atoms with E-state index in [1.165, 1.54) is 6.20 Å². The molecule has 2 bridgehead atoms. The Balaban J connectivity index is 1.26. The molecule has 3 aliphatic heterocycles. The predicted octanol–water partition coefficient (Wildman–Crippen LogP) is 3.37. The van der Waals surface area contributed by atoms with E-state index in [0.717, 1.165) is 44.2 Å². The maximum Gasteiger partial charge on any atom is 0.332 e. The van der Waals surface area contributed by atoms with Crippen LogP contribution in [0.2, 0.25) is 0 Å². The Morgan fingerprint density at radius 1 is 1.18 bits per heavy atom. The summed E-state index contributed by atoms with van der Waals surface area (Å²) in [5.74, 6) is 0.00584. The van der Waals surface area contributed by atoms with E-state index in [9.17, 15) is 4.79 Å². The van der Waals surface area contributed by atoms with Gasteiger partial charge in [0.25, 0.3) is 0 Å². The first-order valence-electron chi connectivity index (χ1n) is 14.1. The summed E-state index contributed by atoms with van der Waals surface area (Å²) >= 11 is 0. The van der Waals surface area contributed by atoms with Gasteiger partial charge in [-0.05, 0) is 69.7 Å². The number of carbonyl (C=O) groups is 1. The highest BCUT2D eigenvalue weighted by atomic mass is 19.1. The number of hydrogen-bond acceptors (Lipinski definition) is 10. The lowest BCUT2D eigenvalue weighted by Crippen LogP contribution is -2.59. The van der Waals surface area contributed by atoms with Crippen molar-refractivity contribution in [3.8, 4) is 11.8 Å². The Hall–Kier alpha value is -3.41. The number of rotatable bonds is 11. The van der Waals surface area contributed by atoms with Crippen LogP contribution in [0.3, 0.4) is 0 Å². The average Bonchev–Trinajstić information content (AvgIpc) is 2.99. The summed E-state index contributed by atoms with van der Waals surface area (Å²) in [6.07, 6.45) is 7.77. The van der Waals surface area contributed by atoms with Gasteiger partial charge in [0.1, 0.15) is 12.4 Å². The monoisotopic (exact) mass is 550 g/mol. The standard InChI is InChI=1S/C29H35FN6O4/c30-22-15-32-23-5-6-25(38-14-2-1-12-31)35-27(23)21(22)9-13-36(29-10-7-20(8-11-29)39-18-29)17-19-3-4-24-28(34-19)40-26(37)16-33-24/h3-6,15,20,33H,1-2,7-14,16-18,31H2. The van der Waals surface area contributed by atoms with Crippen LogP contribution in [0.1, 0.15) is 49.8 Å². The number of fused-ring (bicyclic) bond motifs is 5. The van der Waals surface area contributed by atoms with Crippen molar-refractivity contribution >= 4 is 22.7 Å². The van der Waals surface area contributed by atoms with E-state index in [1.54, 1.807) is 6.07 Å². The van der Waals surface area contributed by atoms with Crippen molar-refractivity contribution < 1.29 is 23.4 Å². The molecule has 0 amide bonds. The second-order valence-electron chi connectivity index (χ2n) is 10.8. The summed E-state index contributed by atoms with van der Waals surface area (Å²) in [5.41, 5.74) is 8.56. The zero-order valence-electron chi connectivity index (χ0n) is 22.5. The summed E-state index contributed by atoms with van der Waals surface area (Å²) < 4.78 is 32.6. The molecule has 3 fully saturated rings. The molecule has 1 saturated carbocycles. The van der Waals surface area contributed by atoms with Crippen LogP contribution >= 0.6 is 0 Å². The number of esters is 1. The number of ether oxygens (including phenoxy) is 3. The van der Waals surface area contributed by atoms with Crippen molar-refractivity contribution in [2.75, 3.05) is 38.2 Å². The Labute approximate surface area is 232 Å². The number of nitrogens with one attached hydrogen (secondary N) is 1. The number of nitrogens with zero attached hydrogens (tertiary/aromatic N) is 4. The van der Waals surface area contributed by atoms with Gasteiger partial charge in [0.2, 0.25) is 11.8 Å². The minimum Gasteiger partial charge on any atom is -0.478 e. The van der Waals surface area contributed by atoms with Crippen LogP contribution in [0.15, 0.2) is 30.5 Å². The zero-order valence-corrected chi connectivity index (χ0v) is 22.5. The molecule has 3 aromatic rings. The lowest BCUT2D eigenvalue weighted by Gasteiger charge is -2.52. The van der Waals surface area contributed by atoms with Crippen molar-refractivity contribution in [3.05, 3.63) is 47.5 Å². The maximum absolute atomic E-state index is 15.3. The Morgan fingerprint density at radius 2 is 2.05 bits per heavy atom. The normalized spacial score (nSPS) is 21.8. The lowest BCUT2D eigenvalue weighted by atomic mass is 9.76. The molecule has 11 heteroatoms. The third kappa shape index (κ3) is 5.59. The Morgan fingerprint density at radius 3 is 2.85 bits per heavy atom. The van der Waals surface area contributed by atoms with Gasteiger partial charge in [0.15, 0.2) is 0 Å². The number of pyridine rings is 3. The third-order valence-corrected chi connectivity index (χ3v) is 8.25. The SMILES string of the molecule is NCCCCOc1ccc2ncc(F)c(CCN(Cc3ccc4c(n3)OC(=O)CN4)C34CCC(CC3)OC4)c2n1. The second-order valence-corrected chi connectivity index (χ2v) is 10.8. The molecule has 0 atom stereocenters. The molecule has 0 spiro atoms. The molecule has 0 unspecified atom stereocenters. The molecule has 0 radical (unpaired) electrons. The highest BCUT2D eigenvalue weighted by Crippen LogP contribution is 2.41. The number of carbonyl (C=O) groups excluding carboxylic acids is 1. The molecular weight excluding hydrogens is 515 g/mol. The Bertz CT molecular complexity index is 1370. The molecule has 3 aromatic heterocycles. The first-order chi connectivity index (χ1) is 19.5. The van der Waals surface area contributed by atoms with Gasteiger partial charge < -0.3 is 25.3 Å². The van der Waals surface area contributed by atoms with E-state index in [4.69, 9.17) is 19.9 Å². The predicted molar refractivity (Wildman–Crippen MR) is 147 cm³/mol. The summed E-state index contributed by atoms with van der Waals surface area (Å²) in [7, 11) is 0. The number of unbranched alkanes of at least 4 members (excludes halogenated alkanes) is 1. The van der Waals surface area contributed by atoms with Crippen LogP contribution in [-0.4, -0.2) is 70.3 Å². The van der Waals surface area contributed by atoms with E-state index < -0.39 is 0 Å². The van der Waals surface area contributed by atoms with Crippen LogP contribution in [-0.2, 0) is 22.5 Å². The van der Waals surface area contributed by atoms with E-state index in [2.05, 4.69) is 25.2 Å². The van der Waals surface area contributed by atoms with Gasteiger partial charge in [-0.25, -0.2) is 19.2 Å². The van der Waals surface area contributed by atoms with Crippen molar-refractivity contribution in [1.82, 2.24) is 19.9 Å².